The summed E-state index contributed by atoms with van der Waals surface area (Å²) in [5.41, 5.74) is 1.77. The Bertz CT molecular complexity index is 668. The maximum Gasteiger partial charge on any atom is 0.262 e. The van der Waals surface area contributed by atoms with E-state index in [9.17, 15) is 4.79 Å². The molecule has 0 atom stereocenters. The number of carbonyl (C=O) groups is 1. The summed E-state index contributed by atoms with van der Waals surface area (Å²) in [6, 6.07) is 9.33. The number of carbonyl (C=O) groups excluding carboxylic acids is 1. The average Bonchev–Trinajstić information content (AvgIpc) is 2.95. The van der Waals surface area contributed by atoms with E-state index in [0.29, 0.717) is 22.0 Å². The number of halogens is 1. The summed E-state index contributed by atoms with van der Waals surface area (Å²) in [7, 11) is 0. The summed E-state index contributed by atoms with van der Waals surface area (Å²) >= 11 is 7.17. The Morgan fingerprint density at radius 1 is 1.29 bits per heavy atom. The van der Waals surface area contributed by atoms with Gasteiger partial charge in [-0.15, -0.1) is 11.3 Å². The molecule has 1 aromatic heterocycles. The van der Waals surface area contributed by atoms with Crippen molar-refractivity contribution in [3.8, 4) is 11.8 Å². The maximum absolute atomic E-state index is 12.1. The van der Waals surface area contributed by atoms with Gasteiger partial charge in [0.15, 0.2) is 0 Å². The number of aliphatic hydroxyl groups excluding tert-OH is 1. The van der Waals surface area contributed by atoms with E-state index in [1.807, 2.05) is 29.6 Å². The molecule has 0 bridgehead atoms. The zero-order valence-electron chi connectivity index (χ0n) is 11.2. The van der Waals surface area contributed by atoms with E-state index < -0.39 is 0 Å². The van der Waals surface area contributed by atoms with Crippen molar-refractivity contribution in [1.29, 1.82) is 0 Å². The molecule has 2 aromatic rings. The van der Waals surface area contributed by atoms with Crippen LogP contribution in [-0.4, -0.2) is 24.2 Å². The minimum absolute atomic E-state index is 0.138. The van der Waals surface area contributed by atoms with Gasteiger partial charge in [-0.1, -0.05) is 35.6 Å². The summed E-state index contributed by atoms with van der Waals surface area (Å²) in [6.07, 6.45) is 0.742. The normalized spacial score (nSPS) is 9.81. The lowest BCUT2D eigenvalue weighted by Crippen LogP contribution is -2.25. The van der Waals surface area contributed by atoms with Crippen molar-refractivity contribution in [1.82, 2.24) is 5.32 Å². The minimum atomic E-state index is -0.215. The fraction of sp³-hybridized carbons (Fsp3) is 0.188. The van der Waals surface area contributed by atoms with Gasteiger partial charge in [0.1, 0.15) is 11.5 Å². The first-order valence-corrected chi connectivity index (χ1v) is 7.66. The van der Waals surface area contributed by atoms with Gasteiger partial charge in [-0.25, -0.2) is 0 Å². The molecule has 1 amide bonds. The predicted molar refractivity (Wildman–Crippen MR) is 85.8 cm³/mol. The topological polar surface area (TPSA) is 49.3 Å². The maximum atomic E-state index is 12.1. The van der Waals surface area contributed by atoms with Crippen LogP contribution in [0, 0.1) is 11.8 Å². The fourth-order valence-electron chi connectivity index (χ4n) is 1.77. The van der Waals surface area contributed by atoms with Gasteiger partial charge in [0.05, 0.1) is 0 Å². The van der Waals surface area contributed by atoms with E-state index in [1.54, 1.807) is 6.07 Å². The molecule has 0 spiro atoms. The number of hydrogen-bond acceptors (Lipinski definition) is 3. The highest BCUT2D eigenvalue weighted by molar-refractivity contribution is 7.12. The van der Waals surface area contributed by atoms with Crippen molar-refractivity contribution in [2.24, 2.45) is 0 Å². The standard InChI is InChI=1S/C16H14ClNO2S/c17-14-5-3-12(4-6-14)7-9-18-16(20)15-13(2-1-10-19)8-11-21-15/h3-6,8,11,19H,7,9-10H2,(H,18,20). The second-order valence-corrected chi connectivity index (χ2v) is 5.61. The van der Waals surface area contributed by atoms with Gasteiger partial charge in [-0.05, 0) is 35.6 Å². The van der Waals surface area contributed by atoms with Crippen LogP contribution in [0.3, 0.4) is 0 Å². The number of amides is 1. The number of thiophene rings is 1. The van der Waals surface area contributed by atoms with Gasteiger partial charge in [0, 0.05) is 17.1 Å². The highest BCUT2D eigenvalue weighted by atomic mass is 35.5. The van der Waals surface area contributed by atoms with Crippen LogP contribution in [0.5, 0.6) is 0 Å². The first-order valence-electron chi connectivity index (χ1n) is 6.40. The van der Waals surface area contributed by atoms with Gasteiger partial charge >= 0.3 is 0 Å². The van der Waals surface area contributed by atoms with Gasteiger partial charge in [-0.2, -0.15) is 0 Å². The van der Waals surface area contributed by atoms with Crippen LogP contribution in [0.15, 0.2) is 35.7 Å². The molecular formula is C16H14ClNO2S. The summed E-state index contributed by atoms with van der Waals surface area (Å²) in [4.78, 5) is 12.7. The summed E-state index contributed by atoms with van der Waals surface area (Å²) in [5.74, 6) is 5.19. The van der Waals surface area contributed by atoms with Crippen molar-refractivity contribution in [2.45, 2.75) is 6.42 Å². The summed E-state index contributed by atoms with van der Waals surface area (Å²) < 4.78 is 0. The first kappa shape index (κ1) is 15.6. The van der Waals surface area contributed by atoms with Crippen LogP contribution >= 0.6 is 22.9 Å². The molecule has 1 aromatic carbocycles. The highest BCUT2D eigenvalue weighted by Crippen LogP contribution is 2.15. The predicted octanol–water partition coefficient (Wildman–Crippen LogP) is 2.72. The number of rotatable bonds is 4. The van der Waals surface area contributed by atoms with E-state index in [0.717, 1.165) is 12.0 Å². The van der Waals surface area contributed by atoms with Crippen LogP contribution < -0.4 is 5.32 Å². The Balaban J connectivity index is 1.90. The van der Waals surface area contributed by atoms with Crippen molar-refractivity contribution >= 4 is 28.8 Å². The average molecular weight is 320 g/mol. The Kier molecular flexibility index (Phi) is 5.82. The van der Waals surface area contributed by atoms with E-state index in [2.05, 4.69) is 17.2 Å². The molecule has 1 heterocycles. The molecular weight excluding hydrogens is 306 g/mol. The van der Waals surface area contributed by atoms with Crippen LogP contribution in [0.2, 0.25) is 5.02 Å². The molecule has 2 N–H and O–H groups in total. The van der Waals surface area contributed by atoms with Crippen molar-refractivity contribution in [3.05, 3.63) is 56.7 Å². The molecule has 108 valence electrons. The van der Waals surface area contributed by atoms with Gasteiger partial charge in [0.25, 0.3) is 5.91 Å². The third-order valence-electron chi connectivity index (χ3n) is 2.79. The second kappa shape index (κ2) is 7.84. The molecule has 0 unspecified atom stereocenters. The Morgan fingerprint density at radius 3 is 2.76 bits per heavy atom. The lowest BCUT2D eigenvalue weighted by molar-refractivity contribution is 0.0958. The molecule has 0 saturated carbocycles. The highest BCUT2D eigenvalue weighted by Gasteiger charge is 2.11. The molecule has 0 aliphatic carbocycles. The lowest BCUT2D eigenvalue weighted by Gasteiger charge is -2.04. The number of hydrogen-bond donors (Lipinski definition) is 2. The molecule has 0 fully saturated rings. The minimum Gasteiger partial charge on any atom is -0.384 e. The SMILES string of the molecule is O=C(NCCc1ccc(Cl)cc1)c1sccc1C#CCO. The van der Waals surface area contributed by atoms with Crippen LogP contribution in [-0.2, 0) is 6.42 Å². The number of aliphatic hydroxyl groups is 1. The second-order valence-electron chi connectivity index (χ2n) is 4.26. The first-order chi connectivity index (χ1) is 10.2. The molecule has 3 nitrogen and oxygen atoms in total. The molecule has 21 heavy (non-hydrogen) atoms. The largest absolute Gasteiger partial charge is 0.384 e. The van der Waals surface area contributed by atoms with Crippen molar-refractivity contribution in [3.63, 3.8) is 0 Å². The summed E-state index contributed by atoms with van der Waals surface area (Å²) in [5, 5.41) is 14.1. The van der Waals surface area contributed by atoms with Gasteiger partial charge in [0.2, 0.25) is 0 Å². The molecule has 2 rings (SSSR count). The molecule has 5 heteroatoms. The lowest BCUT2D eigenvalue weighted by atomic mass is 10.1. The monoisotopic (exact) mass is 319 g/mol. The summed E-state index contributed by atoms with van der Waals surface area (Å²) in [6.45, 7) is 0.332. The number of benzene rings is 1. The van der Waals surface area contributed by atoms with E-state index in [4.69, 9.17) is 16.7 Å². The van der Waals surface area contributed by atoms with E-state index >= 15 is 0 Å². The van der Waals surface area contributed by atoms with Crippen LogP contribution in [0.1, 0.15) is 20.8 Å². The van der Waals surface area contributed by atoms with Crippen molar-refractivity contribution in [2.75, 3.05) is 13.2 Å². The molecule has 0 aliphatic rings. The van der Waals surface area contributed by atoms with E-state index in [1.165, 1.54) is 11.3 Å². The molecule has 0 aliphatic heterocycles. The molecule has 0 saturated heterocycles. The third-order valence-corrected chi connectivity index (χ3v) is 3.95. The van der Waals surface area contributed by atoms with Gasteiger partial charge < -0.3 is 10.4 Å². The van der Waals surface area contributed by atoms with Crippen molar-refractivity contribution < 1.29 is 9.90 Å². The number of nitrogens with one attached hydrogen (secondary N) is 1. The fourth-order valence-corrected chi connectivity index (χ4v) is 2.66. The smallest absolute Gasteiger partial charge is 0.262 e. The van der Waals surface area contributed by atoms with Crippen LogP contribution in [0.4, 0.5) is 0 Å². The zero-order chi connectivity index (χ0) is 15.1. The Morgan fingerprint density at radius 2 is 2.05 bits per heavy atom. The zero-order valence-corrected chi connectivity index (χ0v) is 12.8. The Labute approximate surface area is 132 Å². The van der Waals surface area contributed by atoms with Gasteiger partial charge in [-0.3, -0.25) is 4.79 Å². The third kappa shape index (κ3) is 4.61. The quantitative estimate of drug-likeness (QED) is 0.851. The van der Waals surface area contributed by atoms with Crippen LogP contribution in [0.25, 0.3) is 0 Å². The Hall–Kier alpha value is -1.80. The molecule has 0 radical (unpaired) electrons. The van der Waals surface area contributed by atoms with E-state index in [-0.39, 0.29) is 12.5 Å².